The predicted octanol–water partition coefficient (Wildman–Crippen LogP) is 2.50. The van der Waals surface area contributed by atoms with Crippen LogP contribution in [0.1, 0.15) is 23.6 Å². The molecule has 1 atom stereocenters. The Morgan fingerprint density at radius 2 is 2.23 bits per heavy atom. The van der Waals surface area contributed by atoms with Gasteiger partial charge in [-0.1, -0.05) is 22.0 Å². The van der Waals surface area contributed by atoms with E-state index in [1.165, 1.54) is 0 Å². The van der Waals surface area contributed by atoms with Gasteiger partial charge in [-0.3, -0.25) is 0 Å². The van der Waals surface area contributed by atoms with Crippen LogP contribution in [-0.2, 0) is 0 Å². The maximum Gasteiger partial charge on any atom is 0.124 e. The van der Waals surface area contributed by atoms with Crippen LogP contribution in [0.5, 0.6) is 5.75 Å². The van der Waals surface area contributed by atoms with E-state index in [1.54, 1.807) is 0 Å². The molecule has 2 nitrogen and oxygen atoms in total. The number of aromatic hydroxyl groups is 1. The van der Waals surface area contributed by atoms with E-state index in [2.05, 4.69) is 21.2 Å². The molecule has 0 aliphatic carbocycles. The number of aryl methyl sites for hydroxylation is 1. The Balaban J connectivity index is 2.46. The molecule has 3 heteroatoms. The van der Waals surface area contributed by atoms with Crippen LogP contribution in [0.3, 0.4) is 0 Å². The third-order valence-electron chi connectivity index (χ3n) is 2.54. The summed E-state index contributed by atoms with van der Waals surface area (Å²) in [6.45, 7) is 2.97. The van der Waals surface area contributed by atoms with Crippen LogP contribution >= 0.6 is 15.9 Å². The fourth-order valence-electron chi connectivity index (χ4n) is 1.56. The molecule has 0 bridgehead atoms. The molecule has 1 aromatic rings. The van der Waals surface area contributed by atoms with Crippen molar-refractivity contribution in [3.05, 3.63) is 27.7 Å². The van der Waals surface area contributed by atoms with E-state index in [1.807, 2.05) is 19.1 Å². The largest absolute Gasteiger partial charge is 0.507 e. The average Bonchev–Trinajstić information content (AvgIpc) is 2.02. The van der Waals surface area contributed by atoms with Crippen molar-refractivity contribution in [2.75, 3.05) is 6.54 Å². The maximum absolute atomic E-state index is 9.84. The topological polar surface area (TPSA) is 32.3 Å². The summed E-state index contributed by atoms with van der Waals surface area (Å²) in [4.78, 5) is 0. The third kappa shape index (κ3) is 1.46. The van der Waals surface area contributed by atoms with Crippen molar-refractivity contribution in [2.24, 2.45) is 0 Å². The molecule has 2 rings (SSSR count). The lowest BCUT2D eigenvalue weighted by Gasteiger charge is -2.29. The van der Waals surface area contributed by atoms with Crippen LogP contribution in [0.4, 0.5) is 0 Å². The lowest BCUT2D eigenvalue weighted by atomic mass is 9.95. The molecule has 1 fully saturated rings. The highest BCUT2D eigenvalue weighted by molar-refractivity contribution is 9.10. The summed E-state index contributed by atoms with van der Waals surface area (Å²) in [7, 11) is 0. The normalized spacial score (nSPS) is 21.2. The molecule has 0 saturated carbocycles. The third-order valence-corrected chi connectivity index (χ3v) is 3.23. The standard InChI is InChI=1S/C10H12BrNO/c1-6-2-3-7(11)9(10(6)13)8-4-5-12-8/h2-3,8,12-13H,4-5H2,1H3/t8-/m0/s1. The molecule has 0 amide bonds. The Morgan fingerprint density at radius 1 is 1.54 bits per heavy atom. The van der Waals surface area contributed by atoms with Gasteiger partial charge in [-0.05, 0) is 31.5 Å². The highest BCUT2D eigenvalue weighted by Crippen LogP contribution is 2.37. The number of phenols is 1. The molecule has 0 radical (unpaired) electrons. The van der Waals surface area contributed by atoms with Crippen molar-refractivity contribution in [1.29, 1.82) is 0 Å². The minimum absolute atomic E-state index is 0.328. The predicted molar refractivity (Wildman–Crippen MR) is 55.9 cm³/mol. The second-order valence-electron chi connectivity index (χ2n) is 3.42. The molecular weight excluding hydrogens is 230 g/mol. The fraction of sp³-hybridized carbons (Fsp3) is 0.400. The lowest BCUT2D eigenvalue weighted by molar-refractivity contribution is 0.362. The first-order valence-corrected chi connectivity index (χ1v) is 5.21. The Bertz CT molecular complexity index is 334. The molecule has 0 unspecified atom stereocenters. The van der Waals surface area contributed by atoms with Crippen LogP contribution < -0.4 is 5.32 Å². The second kappa shape index (κ2) is 3.31. The van der Waals surface area contributed by atoms with Crippen LogP contribution in [-0.4, -0.2) is 11.7 Å². The monoisotopic (exact) mass is 241 g/mol. The van der Waals surface area contributed by atoms with E-state index >= 15 is 0 Å². The number of rotatable bonds is 1. The van der Waals surface area contributed by atoms with Crippen molar-refractivity contribution in [3.8, 4) is 5.75 Å². The van der Waals surface area contributed by atoms with E-state index in [4.69, 9.17) is 0 Å². The number of halogens is 1. The first-order chi connectivity index (χ1) is 6.20. The zero-order chi connectivity index (χ0) is 9.42. The van der Waals surface area contributed by atoms with E-state index in [0.29, 0.717) is 11.8 Å². The Morgan fingerprint density at radius 3 is 2.77 bits per heavy atom. The van der Waals surface area contributed by atoms with Gasteiger partial charge < -0.3 is 10.4 Å². The summed E-state index contributed by atoms with van der Waals surface area (Å²) in [5.74, 6) is 0.423. The number of hydrogen-bond acceptors (Lipinski definition) is 2. The number of hydrogen-bond donors (Lipinski definition) is 2. The van der Waals surface area contributed by atoms with Gasteiger partial charge in [0.25, 0.3) is 0 Å². The lowest BCUT2D eigenvalue weighted by Crippen LogP contribution is -2.35. The first-order valence-electron chi connectivity index (χ1n) is 4.41. The molecule has 1 saturated heterocycles. The van der Waals surface area contributed by atoms with Gasteiger partial charge in [-0.2, -0.15) is 0 Å². The molecule has 1 heterocycles. The smallest absolute Gasteiger partial charge is 0.124 e. The summed E-state index contributed by atoms with van der Waals surface area (Å²) in [6.07, 6.45) is 1.11. The van der Waals surface area contributed by atoms with Gasteiger partial charge in [-0.25, -0.2) is 0 Å². The van der Waals surface area contributed by atoms with Gasteiger partial charge in [0.15, 0.2) is 0 Å². The summed E-state index contributed by atoms with van der Waals surface area (Å²) in [5, 5.41) is 13.1. The summed E-state index contributed by atoms with van der Waals surface area (Å²) < 4.78 is 0.993. The Kier molecular flexibility index (Phi) is 2.30. The number of nitrogens with one attached hydrogen (secondary N) is 1. The van der Waals surface area contributed by atoms with E-state index in [-0.39, 0.29) is 0 Å². The molecule has 1 aliphatic heterocycles. The van der Waals surface area contributed by atoms with Crippen LogP contribution in [0.25, 0.3) is 0 Å². The zero-order valence-electron chi connectivity index (χ0n) is 7.47. The molecule has 2 N–H and O–H groups in total. The van der Waals surface area contributed by atoms with Crippen molar-refractivity contribution < 1.29 is 5.11 Å². The molecule has 1 aromatic carbocycles. The highest BCUT2D eigenvalue weighted by Gasteiger charge is 2.24. The van der Waals surface area contributed by atoms with Crippen molar-refractivity contribution in [3.63, 3.8) is 0 Å². The van der Waals surface area contributed by atoms with Crippen molar-refractivity contribution >= 4 is 15.9 Å². The van der Waals surface area contributed by atoms with Crippen LogP contribution in [0.2, 0.25) is 0 Å². The average molecular weight is 242 g/mol. The Labute approximate surface area is 86.1 Å². The zero-order valence-corrected chi connectivity index (χ0v) is 9.06. The summed E-state index contributed by atoms with van der Waals surface area (Å²) in [5.41, 5.74) is 1.94. The molecule has 0 aromatic heterocycles. The molecular formula is C10H12BrNO. The summed E-state index contributed by atoms with van der Waals surface area (Å²) in [6, 6.07) is 4.24. The molecule has 70 valence electrons. The SMILES string of the molecule is Cc1ccc(Br)c([C@@H]2CCN2)c1O. The van der Waals surface area contributed by atoms with E-state index in [9.17, 15) is 5.11 Å². The van der Waals surface area contributed by atoms with Gasteiger partial charge in [-0.15, -0.1) is 0 Å². The first kappa shape index (κ1) is 9.03. The van der Waals surface area contributed by atoms with Gasteiger partial charge in [0.2, 0.25) is 0 Å². The van der Waals surface area contributed by atoms with Gasteiger partial charge in [0.1, 0.15) is 5.75 Å². The highest BCUT2D eigenvalue weighted by atomic mass is 79.9. The molecule has 1 aliphatic rings. The number of phenolic OH excluding ortho intramolecular Hbond substituents is 1. The minimum Gasteiger partial charge on any atom is -0.507 e. The van der Waals surface area contributed by atoms with Gasteiger partial charge in [0, 0.05) is 16.1 Å². The van der Waals surface area contributed by atoms with Gasteiger partial charge >= 0.3 is 0 Å². The van der Waals surface area contributed by atoms with Crippen LogP contribution in [0, 0.1) is 6.92 Å². The Hall–Kier alpha value is -0.540. The molecule has 13 heavy (non-hydrogen) atoms. The van der Waals surface area contributed by atoms with Crippen molar-refractivity contribution in [2.45, 2.75) is 19.4 Å². The molecule has 0 spiro atoms. The maximum atomic E-state index is 9.84. The van der Waals surface area contributed by atoms with E-state index < -0.39 is 0 Å². The van der Waals surface area contributed by atoms with Gasteiger partial charge in [0.05, 0.1) is 0 Å². The van der Waals surface area contributed by atoms with Crippen molar-refractivity contribution in [1.82, 2.24) is 5.32 Å². The van der Waals surface area contributed by atoms with E-state index in [0.717, 1.165) is 28.6 Å². The fourth-order valence-corrected chi connectivity index (χ4v) is 2.16. The quantitative estimate of drug-likeness (QED) is 0.792. The minimum atomic E-state index is 0.328. The van der Waals surface area contributed by atoms with Crippen LogP contribution in [0.15, 0.2) is 16.6 Å². The summed E-state index contributed by atoms with van der Waals surface area (Å²) >= 11 is 3.46. The number of benzene rings is 1. The second-order valence-corrected chi connectivity index (χ2v) is 4.28.